The summed E-state index contributed by atoms with van der Waals surface area (Å²) in [5.41, 5.74) is 0.394. The molecule has 3 N–H and O–H groups in total. The third-order valence-corrected chi connectivity index (χ3v) is 6.44. The summed E-state index contributed by atoms with van der Waals surface area (Å²) in [5, 5.41) is 22.5. The summed E-state index contributed by atoms with van der Waals surface area (Å²) in [5.74, 6) is -3.07. The van der Waals surface area contributed by atoms with Crippen molar-refractivity contribution < 1.29 is 37.8 Å². The highest BCUT2D eigenvalue weighted by atomic mass is 19.4. The third-order valence-electron chi connectivity index (χ3n) is 6.44. The zero-order valence-corrected chi connectivity index (χ0v) is 21.3. The van der Waals surface area contributed by atoms with Gasteiger partial charge in [-0.05, 0) is 38.1 Å². The number of rotatable bonds is 7. The molecule has 0 fully saturated rings. The van der Waals surface area contributed by atoms with E-state index in [4.69, 9.17) is 0 Å². The standard InChI is InChI=1S/C29H25F3N2O5/c1-15-10-16(2)12-17(11-15)27(37)33-9-8-23(35)25-19-13-20(28(38)39)24(36)14-22(19)34(3)26(25)18-6-4-5-7-21(18)29(30,31)32/h4-7,10-14,36H,8-9H2,1-3H3,(H,33,37)(H,38,39). The number of aromatic carboxylic acids is 1. The highest BCUT2D eigenvalue weighted by molar-refractivity contribution is 6.15. The van der Waals surface area contributed by atoms with Crippen molar-refractivity contribution in [3.8, 4) is 17.0 Å². The highest BCUT2D eigenvalue weighted by Crippen LogP contribution is 2.42. The van der Waals surface area contributed by atoms with Crippen molar-refractivity contribution in [3.05, 3.63) is 88.0 Å². The van der Waals surface area contributed by atoms with Gasteiger partial charge in [0.2, 0.25) is 0 Å². The summed E-state index contributed by atoms with van der Waals surface area (Å²) in [6.07, 6.45) is -5.00. The molecule has 0 saturated heterocycles. The van der Waals surface area contributed by atoms with Crippen LogP contribution in [0.4, 0.5) is 13.2 Å². The van der Waals surface area contributed by atoms with E-state index in [-0.39, 0.29) is 40.7 Å². The molecule has 0 saturated carbocycles. The van der Waals surface area contributed by atoms with E-state index < -0.39 is 40.7 Å². The molecule has 0 unspecified atom stereocenters. The Kier molecular flexibility index (Phi) is 7.23. The maximum atomic E-state index is 13.9. The molecule has 0 bridgehead atoms. The Balaban J connectivity index is 1.79. The van der Waals surface area contributed by atoms with E-state index >= 15 is 0 Å². The van der Waals surface area contributed by atoms with Crippen LogP contribution in [0, 0.1) is 13.8 Å². The molecule has 1 amide bonds. The molecule has 10 heteroatoms. The van der Waals surface area contributed by atoms with E-state index in [1.54, 1.807) is 12.1 Å². The van der Waals surface area contributed by atoms with Crippen LogP contribution in [0.3, 0.4) is 0 Å². The van der Waals surface area contributed by atoms with Gasteiger partial charge >= 0.3 is 12.1 Å². The Morgan fingerprint density at radius 1 is 0.974 bits per heavy atom. The first kappa shape index (κ1) is 27.4. The number of carbonyl (C=O) groups excluding carboxylic acids is 2. The molecular formula is C29H25F3N2O5. The summed E-state index contributed by atoms with van der Waals surface area (Å²) in [6.45, 7) is 3.58. The van der Waals surface area contributed by atoms with Gasteiger partial charge in [0, 0.05) is 42.6 Å². The molecule has 39 heavy (non-hydrogen) atoms. The number of carboxylic acid groups (broad SMARTS) is 1. The lowest BCUT2D eigenvalue weighted by Crippen LogP contribution is -2.26. The summed E-state index contributed by atoms with van der Waals surface area (Å²) in [7, 11) is 1.43. The van der Waals surface area contributed by atoms with Crippen molar-refractivity contribution in [1.82, 2.24) is 9.88 Å². The van der Waals surface area contributed by atoms with Gasteiger partial charge in [0.25, 0.3) is 5.91 Å². The second-order valence-corrected chi connectivity index (χ2v) is 9.32. The number of hydrogen-bond acceptors (Lipinski definition) is 4. The summed E-state index contributed by atoms with van der Waals surface area (Å²) >= 11 is 0. The zero-order valence-electron chi connectivity index (χ0n) is 21.3. The number of nitrogens with one attached hydrogen (secondary N) is 1. The van der Waals surface area contributed by atoms with Crippen LogP contribution in [0.5, 0.6) is 5.75 Å². The molecule has 0 spiro atoms. The van der Waals surface area contributed by atoms with Crippen LogP contribution in [0.2, 0.25) is 0 Å². The van der Waals surface area contributed by atoms with Gasteiger partial charge in [0.15, 0.2) is 5.78 Å². The summed E-state index contributed by atoms with van der Waals surface area (Å²) in [6, 6.07) is 12.2. The Bertz CT molecular complexity index is 1620. The summed E-state index contributed by atoms with van der Waals surface area (Å²) < 4.78 is 43.1. The molecule has 4 aromatic rings. The average Bonchev–Trinajstić information content (AvgIpc) is 3.13. The third kappa shape index (κ3) is 5.36. The lowest BCUT2D eigenvalue weighted by Gasteiger charge is -2.15. The lowest BCUT2D eigenvalue weighted by molar-refractivity contribution is -0.137. The normalized spacial score (nSPS) is 11.5. The minimum atomic E-state index is -4.73. The van der Waals surface area contributed by atoms with E-state index in [1.807, 2.05) is 19.9 Å². The van der Waals surface area contributed by atoms with Crippen LogP contribution in [0.25, 0.3) is 22.2 Å². The van der Waals surface area contributed by atoms with Gasteiger partial charge in [0.05, 0.1) is 22.3 Å². The molecule has 0 aliphatic rings. The van der Waals surface area contributed by atoms with Crippen LogP contribution in [0.15, 0.2) is 54.6 Å². The van der Waals surface area contributed by atoms with Crippen molar-refractivity contribution in [3.63, 3.8) is 0 Å². The van der Waals surface area contributed by atoms with E-state index in [1.165, 1.54) is 29.8 Å². The Morgan fingerprint density at radius 2 is 1.62 bits per heavy atom. The number of ketones is 1. The van der Waals surface area contributed by atoms with Crippen LogP contribution in [-0.2, 0) is 13.2 Å². The number of carbonyl (C=O) groups is 3. The molecule has 0 radical (unpaired) electrons. The molecule has 3 aromatic carbocycles. The fourth-order valence-electron chi connectivity index (χ4n) is 4.80. The lowest BCUT2D eigenvalue weighted by atomic mass is 9.96. The van der Waals surface area contributed by atoms with Crippen molar-refractivity contribution in [1.29, 1.82) is 0 Å². The largest absolute Gasteiger partial charge is 0.507 e. The van der Waals surface area contributed by atoms with E-state index in [0.717, 1.165) is 29.3 Å². The molecule has 4 rings (SSSR count). The number of fused-ring (bicyclic) bond motifs is 1. The Labute approximate surface area is 221 Å². The van der Waals surface area contributed by atoms with Crippen molar-refractivity contribution in [2.45, 2.75) is 26.4 Å². The number of nitrogens with zero attached hydrogens (tertiary/aromatic N) is 1. The number of amides is 1. The number of aromatic nitrogens is 1. The molecule has 1 heterocycles. The van der Waals surface area contributed by atoms with E-state index in [0.29, 0.717) is 5.56 Å². The van der Waals surface area contributed by atoms with Crippen molar-refractivity contribution in [2.24, 2.45) is 7.05 Å². The van der Waals surface area contributed by atoms with Gasteiger partial charge in [-0.15, -0.1) is 0 Å². The quantitative estimate of drug-likeness (QED) is 0.255. The van der Waals surface area contributed by atoms with Crippen LogP contribution in [0.1, 0.15) is 54.2 Å². The predicted octanol–water partition coefficient (Wildman–Crippen LogP) is 5.89. The molecule has 0 aliphatic heterocycles. The number of hydrogen-bond donors (Lipinski definition) is 3. The molecule has 0 atom stereocenters. The Hall–Kier alpha value is -4.60. The fraction of sp³-hybridized carbons (Fsp3) is 0.207. The monoisotopic (exact) mass is 538 g/mol. The maximum absolute atomic E-state index is 13.9. The molecule has 202 valence electrons. The highest BCUT2D eigenvalue weighted by Gasteiger charge is 2.36. The first-order valence-electron chi connectivity index (χ1n) is 11.9. The zero-order chi connectivity index (χ0) is 28.6. The number of aromatic hydroxyl groups is 1. The minimum Gasteiger partial charge on any atom is -0.507 e. The van der Waals surface area contributed by atoms with Gasteiger partial charge in [-0.1, -0.05) is 35.4 Å². The van der Waals surface area contributed by atoms with E-state index in [2.05, 4.69) is 5.32 Å². The number of phenols is 1. The second kappa shape index (κ2) is 10.3. The van der Waals surface area contributed by atoms with Gasteiger partial charge in [0.1, 0.15) is 11.3 Å². The molecule has 7 nitrogen and oxygen atoms in total. The number of benzene rings is 3. The smallest absolute Gasteiger partial charge is 0.417 e. The average molecular weight is 539 g/mol. The number of aryl methyl sites for hydroxylation is 3. The number of alkyl halides is 3. The van der Waals surface area contributed by atoms with Crippen molar-refractivity contribution >= 4 is 28.6 Å². The topological polar surface area (TPSA) is 109 Å². The van der Waals surface area contributed by atoms with E-state index in [9.17, 15) is 37.8 Å². The molecular weight excluding hydrogens is 513 g/mol. The second-order valence-electron chi connectivity index (χ2n) is 9.32. The first-order chi connectivity index (χ1) is 18.3. The van der Waals surface area contributed by atoms with Gasteiger partial charge in [-0.2, -0.15) is 13.2 Å². The minimum absolute atomic E-state index is 0.0744. The molecule has 0 aliphatic carbocycles. The van der Waals surface area contributed by atoms with Crippen LogP contribution >= 0.6 is 0 Å². The Morgan fingerprint density at radius 3 is 2.23 bits per heavy atom. The maximum Gasteiger partial charge on any atom is 0.417 e. The van der Waals surface area contributed by atoms with Crippen LogP contribution in [-0.4, -0.2) is 39.0 Å². The van der Waals surface area contributed by atoms with Gasteiger partial charge in [-0.25, -0.2) is 4.79 Å². The van der Waals surface area contributed by atoms with Gasteiger partial charge < -0.3 is 20.1 Å². The fourth-order valence-corrected chi connectivity index (χ4v) is 4.80. The summed E-state index contributed by atoms with van der Waals surface area (Å²) in [4.78, 5) is 37.9. The van der Waals surface area contributed by atoms with Crippen LogP contribution < -0.4 is 5.32 Å². The number of carboxylic acids is 1. The SMILES string of the molecule is Cc1cc(C)cc(C(=O)NCCC(=O)c2c(-c3ccccc3C(F)(F)F)n(C)c3cc(O)c(C(=O)O)cc23)c1. The predicted molar refractivity (Wildman–Crippen MR) is 139 cm³/mol. The van der Waals surface area contributed by atoms with Crippen molar-refractivity contribution in [2.75, 3.05) is 6.54 Å². The van der Waals surface area contributed by atoms with Gasteiger partial charge in [-0.3, -0.25) is 9.59 Å². The first-order valence-corrected chi connectivity index (χ1v) is 11.9. The number of Topliss-reactive ketones (excluding diaryl/α,β-unsaturated/α-hetero) is 1. The number of halogens is 3. The molecule has 1 aromatic heterocycles.